The minimum Gasteiger partial charge on any atom is -0.299 e. The number of hydrogen-bond donors (Lipinski definition) is 0. The van der Waals surface area contributed by atoms with Gasteiger partial charge in [0.15, 0.2) is 0 Å². The van der Waals surface area contributed by atoms with Gasteiger partial charge in [0, 0.05) is 11.8 Å². The smallest absolute Gasteiger partial charge is 0.139 e. The summed E-state index contributed by atoms with van der Waals surface area (Å²) in [6.07, 6.45) is 3.64. The topological polar surface area (TPSA) is 17.1 Å². The van der Waals surface area contributed by atoms with Crippen LogP contribution in [0.2, 0.25) is 0 Å². The molecule has 3 fully saturated rings. The van der Waals surface area contributed by atoms with Crippen LogP contribution in [0.5, 0.6) is 0 Å². The summed E-state index contributed by atoms with van der Waals surface area (Å²) in [7, 11) is 0. The van der Waals surface area contributed by atoms with Crippen LogP contribution >= 0.6 is 0 Å². The molecule has 0 saturated heterocycles. The maximum Gasteiger partial charge on any atom is 0.139 e. The molecule has 3 aliphatic carbocycles. The van der Waals surface area contributed by atoms with E-state index in [0.29, 0.717) is 17.6 Å². The maximum absolute atomic E-state index is 12.3. The van der Waals surface area contributed by atoms with E-state index in [9.17, 15) is 4.79 Å². The van der Waals surface area contributed by atoms with E-state index < -0.39 is 0 Å². The monoisotopic (exact) mass is 220 g/mol. The van der Waals surface area contributed by atoms with Crippen molar-refractivity contribution in [2.75, 3.05) is 0 Å². The minimum atomic E-state index is -0.0364. The van der Waals surface area contributed by atoms with Crippen LogP contribution in [-0.2, 0) is 4.79 Å². The predicted octanol–water partition coefficient (Wildman–Crippen LogP) is 3.53. The quantitative estimate of drug-likeness (QED) is 0.610. The molecule has 1 heteroatoms. The van der Waals surface area contributed by atoms with E-state index in [0.717, 1.165) is 30.1 Å². The number of rotatable bonds is 0. The van der Waals surface area contributed by atoms with Crippen LogP contribution < -0.4 is 0 Å². The molecule has 0 amide bonds. The number of hydrogen-bond acceptors (Lipinski definition) is 1. The van der Waals surface area contributed by atoms with Gasteiger partial charge in [-0.25, -0.2) is 0 Å². The van der Waals surface area contributed by atoms with Crippen LogP contribution in [0.3, 0.4) is 0 Å². The fourth-order valence-electron chi connectivity index (χ4n) is 5.41. The van der Waals surface area contributed by atoms with E-state index in [1.54, 1.807) is 0 Å². The molecule has 0 aromatic carbocycles. The lowest BCUT2D eigenvalue weighted by Gasteiger charge is -2.48. The molecule has 16 heavy (non-hydrogen) atoms. The first-order valence-electron chi connectivity index (χ1n) is 6.98. The predicted molar refractivity (Wildman–Crippen MR) is 64.9 cm³/mol. The van der Waals surface area contributed by atoms with Gasteiger partial charge in [0.05, 0.1) is 0 Å². The van der Waals surface area contributed by atoms with Gasteiger partial charge in [-0.1, -0.05) is 34.1 Å². The molecular formula is C15H24O. The molecular weight excluding hydrogens is 196 g/mol. The molecule has 3 saturated carbocycles. The Balaban J connectivity index is 2.07. The Hall–Kier alpha value is -0.330. The van der Waals surface area contributed by atoms with Crippen molar-refractivity contribution in [3.05, 3.63) is 0 Å². The number of carbonyl (C=O) groups excluding carboxylic acids is 1. The Morgan fingerprint density at radius 1 is 1.12 bits per heavy atom. The summed E-state index contributed by atoms with van der Waals surface area (Å²) in [5.41, 5.74) is -0.0364. The van der Waals surface area contributed by atoms with Gasteiger partial charge in [-0.15, -0.1) is 0 Å². The Labute approximate surface area is 99.0 Å². The number of carbonyl (C=O) groups is 1. The van der Waals surface area contributed by atoms with Crippen LogP contribution in [0.4, 0.5) is 0 Å². The van der Waals surface area contributed by atoms with Crippen molar-refractivity contribution in [2.24, 2.45) is 40.9 Å². The summed E-state index contributed by atoms with van der Waals surface area (Å²) in [6, 6.07) is 0. The molecule has 3 aliphatic rings. The van der Waals surface area contributed by atoms with E-state index in [2.05, 4.69) is 27.7 Å². The molecule has 90 valence electrons. The molecule has 0 radical (unpaired) electrons. The fraction of sp³-hybridized carbons (Fsp3) is 0.933. The molecule has 0 N–H and O–H groups in total. The highest BCUT2D eigenvalue weighted by Crippen LogP contribution is 2.65. The largest absolute Gasteiger partial charge is 0.299 e. The van der Waals surface area contributed by atoms with Gasteiger partial charge in [-0.2, -0.15) is 0 Å². The number of ketones is 1. The highest BCUT2D eigenvalue weighted by molar-refractivity contribution is 5.86. The minimum absolute atomic E-state index is 0.0364. The molecule has 0 spiro atoms. The third-order valence-corrected chi connectivity index (χ3v) is 6.31. The molecule has 0 unspecified atom stereocenters. The first-order chi connectivity index (χ1) is 7.44. The van der Waals surface area contributed by atoms with Gasteiger partial charge in [-0.05, 0) is 41.9 Å². The summed E-state index contributed by atoms with van der Waals surface area (Å²) in [5, 5.41) is 0. The van der Waals surface area contributed by atoms with Crippen LogP contribution in [0.15, 0.2) is 0 Å². The zero-order chi connectivity index (χ0) is 11.7. The Kier molecular flexibility index (Phi) is 2.10. The highest BCUT2D eigenvalue weighted by atomic mass is 16.1. The van der Waals surface area contributed by atoms with Gasteiger partial charge < -0.3 is 0 Å². The second-order valence-electron chi connectivity index (χ2n) is 7.19. The van der Waals surface area contributed by atoms with Gasteiger partial charge in [0.25, 0.3) is 0 Å². The van der Waals surface area contributed by atoms with Crippen LogP contribution in [-0.4, -0.2) is 5.78 Å². The summed E-state index contributed by atoms with van der Waals surface area (Å²) in [4.78, 5) is 12.3. The Bertz CT molecular complexity index is 330. The van der Waals surface area contributed by atoms with Crippen molar-refractivity contribution in [1.82, 2.24) is 0 Å². The average Bonchev–Trinajstić information content (AvgIpc) is 2.40. The van der Waals surface area contributed by atoms with Crippen molar-refractivity contribution in [3.8, 4) is 0 Å². The lowest BCUT2D eigenvalue weighted by molar-refractivity contribution is -0.139. The maximum atomic E-state index is 12.3. The van der Waals surface area contributed by atoms with Crippen LogP contribution in [0.25, 0.3) is 0 Å². The first-order valence-corrected chi connectivity index (χ1v) is 6.98. The Morgan fingerprint density at radius 2 is 1.81 bits per heavy atom. The van der Waals surface area contributed by atoms with Gasteiger partial charge in [0.1, 0.15) is 5.78 Å². The van der Waals surface area contributed by atoms with Crippen molar-refractivity contribution in [1.29, 1.82) is 0 Å². The molecule has 4 bridgehead atoms. The standard InChI is InChI=1S/C15H24O/c1-8-5-6-10-9(2)11-7-12(16)15(3,4)14(10)13(8)11/h8-11,13-14H,5-7H2,1-4H3/t8-,9-,10-,11-,13+,14+/m0/s1. The van der Waals surface area contributed by atoms with Crippen molar-refractivity contribution in [3.63, 3.8) is 0 Å². The van der Waals surface area contributed by atoms with Crippen LogP contribution in [0.1, 0.15) is 47.0 Å². The van der Waals surface area contributed by atoms with Crippen molar-refractivity contribution < 1.29 is 4.79 Å². The molecule has 0 aromatic heterocycles. The zero-order valence-electron chi connectivity index (χ0n) is 11.0. The fourth-order valence-corrected chi connectivity index (χ4v) is 5.41. The summed E-state index contributed by atoms with van der Waals surface area (Å²) < 4.78 is 0. The molecule has 1 nitrogen and oxygen atoms in total. The summed E-state index contributed by atoms with van der Waals surface area (Å²) in [5.74, 6) is 5.29. The normalized spacial score (nSPS) is 54.1. The molecule has 0 aliphatic heterocycles. The van der Waals surface area contributed by atoms with Crippen molar-refractivity contribution in [2.45, 2.75) is 47.0 Å². The second kappa shape index (κ2) is 3.11. The number of Topliss-reactive ketones (excluding diaryl/α,β-unsaturated/α-hetero) is 1. The van der Waals surface area contributed by atoms with E-state index in [1.807, 2.05) is 0 Å². The average molecular weight is 220 g/mol. The second-order valence-corrected chi connectivity index (χ2v) is 7.19. The SMILES string of the molecule is C[C@@H]1[C@@H]2CC(=O)C(C)(C)[C@@H]3[C@H]1CC[C@H](C)[C@H]23. The third kappa shape index (κ3) is 1.10. The van der Waals surface area contributed by atoms with Gasteiger partial charge in [0.2, 0.25) is 0 Å². The zero-order valence-corrected chi connectivity index (χ0v) is 11.0. The van der Waals surface area contributed by atoms with E-state index >= 15 is 0 Å². The highest BCUT2D eigenvalue weighted by Gasteiger charge is 2.62. The summed E-state index contributed by atoms with van der Waals surface area (Å²) >= 11 is 0. The lowest BCUT2D eigenvalue weighted by atomic mass is 9.56. The molecule has 3 rings (SSSR count). The third-order valence-electron chi connectivity index (χ3n) is 6.31. The van der Waals surface area contributed by atoms with E-state index in [-0.39, 0.29) is 5.41 Å². The Morgan fingerprint density at radius 3 is 2.50 bits per heavy atom. The first kappa shape index (κ1) is 10.8. The van der Waals surface area contributed by atoms with Crippen molar-refractivity contribution >= 4 is 5.78 Å². The van der Waals surface area contributed by atoms with Gasteiger partial charge >= 0.3 is 0 Å². The lowest BCUT2D eigenvalue weighted by Crippen LogP contribution is -2.47. The molecule has 6 atom stereocenters. The summed E-state index contributed by atoms with van der Waals surface area (Å²) in [6.45, 7) is 9.26. The van der Waals surface area contributed by atoms with E-state index in [1.165, 1.54) is 12.8 Å². The van der Waals surface area contributed by atoms with Gasteiger partial charge in [-0.3, -0.25) is 4.79 Å². The molecule has 0 heterocycles. The van der Waals surface area contributed by atoms with Crippen LogP contribution in [0, 0.1) is 40.9 Å². The van der Waals surface area contributed by atoms with E-state index in [4.69, 9.17) is 0 Å². The molecule has 0 aromatic rings.